The van der Waals surface area contributed by atoms with Gasteiger partial charge in [0.15, 0.2) is 5.96 Å². The zero-order valence-corrected chi connectivity index (χ0v) is 18.6. The normalized spacial score (nSPS) is 22.6. The molecule has 2 aliphatic heterocycles. The second kappa shape index (κ2) is 7.56. The van der Waals surface area contributed by atoms with Gasteiger partial charge in [-0.25, -0.2) is 0 Å². The Kier molecular flexibility index (Phi) is 4.82. The number of guanidine groups is 1. The molecule has 0 saturated carbocycles. The SMILES string of the molecule is Cc1cncc(-c2csc([C@]34CN(C(=O)c5ccccc5)CC3C(=O)N(C)C(=N)N4)c2)c1. The summed E-state index contributed by atoms with van der Waals surface area (Å²) in [5, 5.41) is 13.7. The summed E-state index contributed by atoms with van der Waals surface area (Å²) < 4.78 is 0. The smallest absolute Gasteiger partial charge is 0.253 e. The number of nitrogens with one attached hydrogen (secondary N) is 2. The monoisotopic (exact) mass is 445 g/mol. The van der Waals surface area contributed by atoms with Gasteiger partial charge in [0.25, 0.3) is 5.91 Å². The van der Waals surface area contributed by atoms with Crippen LogP contribution in [0.1, 0.15) is 20.8 Å². The Morgan fingerprint density at radius 1 is 1.22 bits per heavy atom. The molecule has 0 aliphatic carbocycles. The van der Waals surface area contributed by atoms with E-state index in [2.05, 4.69) is 22.4 Å². The van der Waals surface area contributed by atoms with Gasteiger partial charge in [-0.05, 0) is 47.7 Å². The van der Waals surface area contributed by atoms with Crippen LogP contribution in [0, 0.1) is 18.3 Å². The fraction of sp³-hybridized carbons (Fsp3) is 0.250. The first-order valence-corrected chi connectivity index (χ1v) is 11.3. The molecule has 7 nitrogen and oxygen atoms in total. The number of hydrogen-bond donors (Lipinski definition) is 2. The Balaban J connectivity index is 1.55. The van der Waals surface area contributed by atoms with E-state index in [4.69, 9.17) is 5.41 Å². The standard InChI is InChI=1S/C24H23N5O2S/c1-15-8-17(11-26-10-15)18-9-20(32-13-18)24-14-29(21(30)16-6-4-3-5-7-16)12-19(24)22(31)28(2)23(25)27-24/h3-11,13,19H,12,14H2,1-2H3,(H2,25,27)/t19?,24-/m0/s1. The number of nitrogens with zero attached hydrogens (tertiary/aromatic N) is 3. The van der Waals surface area contributed by atoms with E-state index in [9.17, 15) is 9.59 Å². The molecule has 8 heteroatoms. The molecule has 0 bridgehead atoms. The van der Waals surface area contributed by atoms with Crippen LogP contribution in [0.15, 0.2) is 60.2 Å². The van der Waals surface area contributed by atoms with Crippen LogP contribution in [-0.4, -0.2) is 52.7 Å². The number of aryl methyl sites for hydroxylation is 1. The number of carbonyl (C=O) groups is 2. The number of thiophene rings is 1. The van der Waals surface area contributed by atoms with Crippen molar-refractivity contribution in [3.8, 4) is 11.1 Å². The summed E-state index contributed by atoms with van der Waals surface area (Å²) in [6.45, 7) is 2.62. The van der Waals surface area contributed by atoms with E-state index < -0.39 is 11.5 Å². The molecule has 2 saturated heterocycles. The fourth-order valence-corrected chi connectivity index (χ4v) is 5.69. The summed E-state index contributed by atoms with van der Waals surface area (Å²) >= 11 is 1.54. The topological polar surface area (TPSA) is 89.4 Å². The molecule has 2 amide bonds. The number of amides is 2. The highest BCUT2D eigenvalue weighted by molar-refractivity contribution is 7.10. The van der Waals surface area contributed by atoms with Gasteiger partial charge in [0.05, 0.1) is 5.92 Å². The van der Waals surface area contributed by atoms with Gasteiger partial charge in [-0.15, -0.1) is 11.3 Å². The number of benzene rings is 1. The van der Waals surface area contributed by atoms with Crippen molar-refractivity contribution in [3.05, 3.63) is 76.2 Å². The van der Waals surface area contributed by atoms with Gasteiger partial charge < -0.3 is 10.2 Å². The van der Waals surface area contributed by atoms with Crippen molar-refractivity contribution in [2.24, 2.45) is 5.92 Å². The van der Waals surface area contributed by atoms with Crippen LogP contribution in [0.4, 0.5) is 0 Å². The lowest BCUT2D eigenvalue weighted by Crippen LogP contribution is -2.64. The van der Waals surface area contributed by atoms with Crippen molar-refractivity contribution < 1.29 is 9.59 Å². The third-order valence-corrected chi connectivity index (χ3v) is 7.41. The zero-order valence-electron chi connectivity index (χ0n) is 17.8. The maximum atomic E-state index is 13.2. The Bertz CT molecular complexity index is 1220. The minimum atomic E-state index is -0.828. The molecule has 4 heterocycles. The molecule has 5 rings (SSSR count). The second-order valence-corrected chi connectivity index (χ2v) is 9.31. The van der Waals surface area contributed by atoms with E-state index in [1.54, 1.807) is 35.4 Å². The van der Waals surface area contributed by atoms with E-state index >= 15 is 0 Å². The lowest BCUT2D eigenvalue weighted by atomic mass is 9.82. The molecule has 2 atom stereocenters. The van der Waals surface area contributed by atoms with Gasteiger partial charge in [0.1, 0.15) is 5.54 Å². The molecule has 2 N–H and O–H groups in total. The van der Waals surface area contributed by atoms with Crippen molar-refractivity contribution in [2.75, 3.05) is 20.1 Å². The molecular formula is C24H23N5O2S. The summed E-state index contributed by atoms with van der Waals surface area (Å²) in [7, 11) is 1.60. The zero-order chi connectivity index (χ0) is 22.5. The molecule has 1 unspecified atom stereocenters. The molecule has 2 aromatic heterocycles. The molecule has 32 heavy (non-hydrogen) atoms. The molecule has 3 aromatic rings. The fourth-order valence-electron chi connectivity index (χ4n) is 4.57. The first kappa shape index (κ1) is 20.4. The molecule has 2 fully saturated rings. The summed E-state index contributed by atoms with van der Waals surface area (Å²) in [4.78, 5) is 34.7. The van der Waals surface area contributed by atoms with E-state index in [1.165, 1.54) is 4.90 Å². The Morgan fingerprint density at radius 3 is 2.75 bits per heavy atom. The summed E-state index contributed by atoms with van der Waals surface area (Å²) in [6.07, 6.45) is 3.64. The van der Waals surface area contributed by atoms with Crippen LogP contribution in [0.2, 0.25) is 0 Å². The summed E-state index contributed by atoms with van der Waals surface area (Å²) in [6, 6.07) is 13.2. The van der Waals surface area contributed by atoms with Crippen LogP contribution in [0.25, 0.3) is 11.1 Å². The molecule has 0 radical (unpaired) electrons. The predicted octanol–water partition coefficient (Wildman–Crippen LogP) is 3.08. The van der Waals surface area contributed by atoms with Gasteiger partial charge >= 0.3 is 0 Å². The van der Waals surface area contributed by atoms with Crippen molar-refractivity contribution >= 4 is 29.1 Å². The predicted molar refractivity (Wildman–Crippen MR) is 123 cm³/mol. The number of carbonyl (C=O) groups excluding carboxylic acids is 2. The molecular weight excluding hydrogens is 422 g/mol. The summed E-state index contributed by atoms with van der Waals surface area (Å²) in [5.74, 6) is -0.684. The van der Waals surface area contributed by atoms with Crippen LogP contribution < -0.4 is 5.32 Å². The number of fused-ring (bicyclic) bond motifs is 1. The number of likely N-dealkylation sites (tertiary alicyclic amines) is 1. The van der Waals surface area contributed by atoms with Gasteiger partial charge in [-0.3, -0.25) is 24.9 Å². The van der Waals surface area contributed by atoms with Gasteiger partial charge in [0, 0.05) is 48.5 Å². The maximum absolute atomic E-state index is 13.2. The van der Waals surface area contributed by atoms with Gasteiger partial charge in [-0.1, -0.05) is 18.2 Å². The van der Waals surface area contributed by atoms with Crippen molar-refractivity contribution in [2.45, 2.75) is 12.5 Å². The van der Waals surface area contributed by atoms with E-state index in [-0.39, 0.29) is 17.8 Å². The molecule has 162 valence electrons. The average Bonchev–Trinajstić information content (AvgIpc) is 3.44. The van der Waals surface area contributed by atoms with Crippen molar-refractivity contribution in [3.63, 3.8) is 0 Å². The third-order valence-electron chi connectivity index (χ3n) is 6.30. The first-order chi connectivity index (χ1) is 15.4. The van der Waals surface area contributed by atoms with Crippen LogP contribution in [-0.2, 0) is 10.3 Å². The Hall–Kier alpha value is -3.52. The quantitative estimate of drug-likeness (QED) is 0.648. The largest absolute Gasteiger partial charge is 0.343 e. The van der Waals surface area contributed by atoms with Crippen LogP contribution in [0.5, 0.6) is 0 Å². The average molecular weight is 446 g/mol. The van der Waals surface area contributed by atoms with Gasteiger partial charge in [-0.2, -0.15) is 0 Å². The highest BCUT2D eigenvalue weighted by Gasteiger charge is 2.57. The second-order valence-electron chi connectivity index (χ2n) is 8.40. The molecule has 2 aliphatic rings. The van der Waals surface area contributed by atoms with Crippen LogP contribution in [0.3, 0.4) is 0 Å². The number of rotatable bonds is 3. The first-order valence-electron chi connectivity index (χ1n) is 10.4. The number of hydrogen-bond acceptors (Lipinski definition) is 5. The van der Waals surface area contributed by atoms with E-state index in [1.807, 2.05) is 42.9 Å². The lowest BCUT2D eigenvalue weighted by Gasteiger charge is -2.42. The summed E-state index contributed by atoms with van der Waals surface area (Å²) in [5.41, 5.74) is 2.86. The van der Waals surface area contributed by atoms with E-state index in [0.29, 0.717) is 18.7 Å². The van der Waals surface area contributed by atoms with E-state index in [0.717, 1.165) is 21.6 Å². The number of pyridine rings is 1. The van der Waals surface area contributed by atoms with Crippen LogP contribution >= 0.6 is 11.3 Å². The lowest BCUT2D eigenvalue weighted by molar-refractivity contribution is -0.134. The third kappa shape index (κ3) is 3.18. The molecule has 1 aromatic carbocycles. The Morgan fingerprint density at radius 2 is 2.00 bits per heavy atom. The maximum Gasteiger partial charge on any atom is 0.253 e. The Labute approximate surface area is 190 Å². The minimum Gasteiger partial charge on any atom is -0.343 e. The minimum absolute atomic E-state index is 0.0485. The highest BCUT2D eigenvalue weighted by atomic mass is 32.1. The van der Waals surface area contributed by atoms with Gasteiger partial charge in [0.2, 0.25) is 5.91 Å². The van der Waals surface area contributed by atoms with Crippen molar-refractivity contribution in [1.82, 2.24) is 20.1 Å². The van der Waals surface area contributed by atoms with Crippen molar-refractivity contribution in [1.29, 1.82) is 5.41 Å². The molecule has 0 spiro atoms. The number of aromatic nitrogens is 1. The highest BCUT2D eigenvalue weighted by Crippen LogP contribution is 2.44.